The molecule has 0 spiro atoms. The number of anilines is 6. The number of aromatic nitrogens is 4. The Labute approximate surface area is 473 Å². The minimum absolute atomic E-state index is 0.0228. The quantitative estimate of drug-likeness (QED) is 0.0745. The lowest BCUT2D eigenvalue weighted by Gasteiger charge is -2.20. The van der Waals surface area contributed by atoms with Gasteiger partial charge in [-0.25, -0.2) is 55.3 Å². The first kappa shape index (κ1) is 61.2. The van der Waals surface area contributed by atoms with Gasteiger partial charge in [-0.3, -0.25) is 29.8 Å². The molecule has 84 heavy (non-hydrogen) atoms. The largest absolute Gasteiger partial charge is 0.744 e. The van der Waals surface area contributed by atoms with Gasteiger partial charge >= 0.3 is 6.03 Å². The molecular weight excluding hydrogens is 1240 g/mol. The van der Waals surface area contributed by atoms with Crippen LogP contribution in [0.2, 0.25) is 0 Å². The molecule has 6 amide bonds. The van der Waals surface area contributed by atoms with E-state index in [1.807, 2.05) is 0 Å². The van der Waals surface area contributed by atoms with Gasteiger partial charge in [0.25, 0.3) is 23.6 Å². The molecule has 0 fully saturated rings. The van der Waals surface area contributed by atoms with Crippen LogP contribution in [-0.4, -0.2) is 126 Å². The van der Waals surface area contributed by atoms with Crippen molar-refractivity contribution in [1.82, 2.24) is 18.3 Å². The highest BCUT2D eigenvalue weighted by Gasteiger charge is 2.26. The third-order valence-electron chi connectivity index (χ3n) is 12.2. The summed E-state index contributed by atoms with van der Waals surface area (Å²) in [5.41, 5.74) is -2.58. The van der Waals surface area contributed by atoms with Crippen LogP contribution in [0.3, 0.4) is 0 Å². The van der Waals surface area contributed by atoms with Gasteiger partial charge in [0.1, 0.15) is 84.0 Å². The summed E-state index contributed by atoms with van der Waals surface area (Å²) >= 11 is 0. The number of benzene rings is 4. The molecule has 0 atom stereocenters. The maximum Gasteiger partial charge on any atom is 0.325 e. The molecule has 0 bridgehead atoms. The van der Waals surface area contributed by atoms with E-state index in [2.05, 4.69) is 31.9 Å². The molecule has 0 aliphatic heterocycles. The lowest BCUT2D eigenvalue weighted by Crippen LogP contribution is -2.22. The van der Waals surface area contributed by atoms with Crippen molar-refractivity contribution < 1.29 is 102 Å². The van der Waals surface area contributed by atoms with Gasteiger partial charge in [-0.15, -0.1) is 0 Å². The summed E-state index contributed by atoms with van der Waals surface area (Å²) < 4.78 is 223. The first-order valence-electron chi connectivity index (χ1n) is 22.6. The summed E-state index contributed by atoms with van der Waals surface area (Å²) in [6.07, 6.45) is 4.80. The number of fused-ring (bicyclic) bond motifs is 2. The number of urea groups is 1. The van der Waals surface area contributed by atoms with Gasteiger partial charge in [0.2, 0.25) is 0 Å². The monoisotopic (exact) mass is 1270 g/mol. The average molecular weight is 1280 g/mol. The Hall–Kier alpha value is -8.87. The lowest BCUT2D eigenvalue weighted by atomic mass is 10.1. The molecular formula is C45H34N10O23S6-6. The van der Waals surface area contributed by atoms with E-state index >= 15 is 0 Å². The minimum Gasteiger partial charge on any atom is -0.744 e. The first-order chi connectivity index (χ1) is 38.6. The van der Waals surface area contributed by atoms with Crippen LogP contribution in [0.5, 0.6) is 0 Å². The standard InChI is InChI=1S/C45H40N10O23S6/c1-52-17-21(41(56)46-29-15-25(79(61,62)63)13-27-31(81(67,68)69)5-7-33(39(27)29)83(73,74)75)9-35(52)48-43(58)23-11-37(54(3)19-23)50-45(60)51-38-12-24(20-55(38)4)44(59)49-36-10-22(18-53(36)2)42(57)47-30-16-26(80(64,65)66)14-28-32(82(70,71)72)6-8-34(40(28)30)84(76,77)78/h5-20H,1-4H3,(H,46,56)(H,47,57)(H,48,58)(H,49,59)(H2,50,51,60)(H,61,62,63)(H,64,65,66)(H,67,68,69)(H,70,71,72)(H,73,74,75)(H,76,77,78)/p-6. The van der Waals surface area contributed by atoms with Crippen molar-refractivity contribution in [3.63, 3.8) is 0 Å². The van der Waals surface area contributed by atoms with Crippen LogP contribution in [0.25, 0.3) is 21.5 Å². The number of carbonyl (C=O) groups is 5. The maximum atomic E-state index is 13.6. The molecule has 39 heteroatoms. The molecule has 4 aromatic heterocycles. The molecule has 0 saturated carbocycles. The number of hydrogen-bond acceptors (Lipinski definition) is 23. The van der Waals surface area contributed by atoms with Crippen LogP contribution in [0.15, 0.2) is 127 Å². The number of amides is 6. The van der Waals surface area contributed by atoms with Crippen molar-refractivity contribution in [2.45, 2.75) is 29.4 Å². The highest BCUT2D eigenvalue weighted by atomic mass is 32.2. The summed E-state index contributed by atoms with van der Waals surface area (Å²) in [6.45, 7) is 0. The fourth-order valence-electron chi connectivity index (χ4n) is 8.42. The topological polar surface area (TPSA) is 520 Å². The molecule has 8 rings (SSSR count). The Bertz CT molecular complexity index is 4640. The van der Waals surface area contributed by atoms with E-state index in [1.165, 1.54) is 71.0 Å². The predicted octanol–water partition coefficient (Wildman–Crippen LogP) is 1.42. The average Bonchev–Trinajstić information content (AvgIpc) is 1.41. The minimum atomic E-state index is -5.53. The van der Waals surface area contributed by atoms with Gasteiger partial charge in [0, 0.05) is 74.5 Å². The fraction of sp³-hybridized carbons (Fsp3) is 0.0889. The van der Waals surface area contributed by atoms with Crippen LogP contribution in [-0.2, 0) is 88.9 Å². The van der Waals surface area contributed by atoms with Crippen LogP contribution in [0, 0.1) is 0 Å². The molecule has 6 N–H and O–H groups in total. The Balaban J connectivity index is 0.941. The fourth-order valence-corrected chi connectivity index (χ4v) is 12.2. The van der Waals surface area contributed by atoms with E-state index in [-0.39, 0.29) is 45.5 Å². The maximum absolute atomic E-state index is 13.6. The SMILES string of the molecule is Cn1cc(C(=O)Nc2cc(C(=O)Nc3cc(S(=O)(=O)[O-])cc4c(S(=O)(=O)[O-])ccc(S(=O)(=O)[O-])c34)cn2C)cc1NC(=O)Nc1cc(C(=O)Nc2cc(C(=O)Nc3cc(S(=O)(=O)[O-])cc4c(S(=O)(=O)[O-])ccc(S(=O)(=O)[O-])c34)cn2C)cn1C. The van der Waals surface area contributed by atoms with Crippen LogP contribution >= 0.6 is 0 Å². The molecule has 4 aromatic carbocycles. The lowest BCUT2D eigenvalue weighted by molar-refractivity contribution is 0.101. The van der Waals surface area contributed by atoms with Gasteiger partial charge in [-0.2, -0.15) is 0 Å². The normalized spacial score (nSPS) is 12.5. The van der Waals surface area contributed by atoms with E-state index in [0.29, 0.717) is 48.5 Å². The molecule has 0 aliphatic carbocycles. The summed E-state index contributed by atoms with van der Waals surface area (Å²) in [7, 11) is -27.5. The Morgan fingerprint density at radius 3 is 0.845 bits per heavy atom. The molecule has 0 aliphatic rings. The molecule has 444 valence electrons. The summed E-state index contributed by atoms with van der Waals surface area (Å²) in [5.74, 6) is -4.17. The molecule has 8 aromatic rings. The van der Waals surface area contributed by atoms with Crippen molar-refractivity contribution >= 4 is 147 Å². The number of carbonyl (C=O) groups excluding carboxylic acids is 5. The Morgan fingerprint density at radius 2 is 0.583 bits per heavy atom. The highest BCUT2D eigenvalue weighted by Crippen LogP contribution is 2.39. The van der Waals surface area contributed by atoms with Crippen molar-refractivity contribution in [3.05, 3.63) is 120 Å². The summed E-state index contributed by atoms with van der Waals surface area (Å²) in [6, 6.07) is 6.99. The third-order valence-corrected chi connectivity index (χ3v) is 17.4. The second-order valence-corrected chi connectivity index (χ2v) is 26.1. The number of nitrogens with zero attached hydrogens (tertiary/aromatic N) is 4. The molecule has 0 saturated heterocycles. The van der Waals surface area contributed by atoms with Crippen molar-refractivity contribution in [1.29, 1.82) is 0 Å². The molecule has 0 unspecified atom stereocenters. The van der Waals surface area contributed by atoms with Crippen molar-refractivity contribution in [2.75, 3.05) is 31.9 Å². The first-order valence-corrected chi connectivity index (χ1v) is 31.0. The van der Waals surface area contributed by atoms with E-state index in [0.717, 1.165) is 24.5 Å². The van der Waals surface area contributed by atoms with Crippen molar-refractivity contribution in [2.24, 2.45) is 28.2 Å². The second-order valence-electron chi connectivity index (χ2n) is 17.9. The highest BCUT2D eigenvalue weighted by molar-refractivity contribution is 7.87. The number of nitrogens with one attached hydrogen (secondary N) is 6. The molecule has 4 heterocycles. The van der Waals surface area contributed by atoms with Gasteiger partial charge in [0.15, 0.2) is 0 Å². The van der Waals surface area contributed by atoms with Gasteiger partial charge in [-0.1, -0.05) is 0 Å². The summed E-state index contributed by atoms with van der Waals surface area (Å²) in [4.78, 5) is 60.0. The van der Waals surface area contributed by atoms with E-state index in [4.69, 9.17) is 0 Å². The van der Waals surface area contributed by atoms with Gasteiger partial charge in [0.05, 0.1) is 63.0 Å². The van der Waals surface area contributed by atoms with Crippen LogP contribution < -0.4 is 31.9 Å². The smallest absolute Gasteiger partial charge is 0.325 e. The second kappa shape index (κ2) is 21.4. The summed E-state index contributed by atoms with van der Waals surface area (Å²) in [5, 5.41) is 10.5. The van der Waals surface area contributed by atoms with Crippen LogP contribution in [0.4, 0.5) is 39.4 Å². The molecule has 33 nitrogen and oxygen atoms in total. The molecule has 0 radical (unpaired) electrons. The van der Waals surface area contributed by atoms with Gasteiger partial charge < -0.3 is 66.9 Å². The Morgan fingerprint density at radius 1 is 0.333 bits per heavy atom. The zero-order valence-corrected chi connectivity index (χ0v) is 47.3. The van der Waals surface area contributed by atoms with E-state index in [9.17, 15) is 102 Å². The number of hydrogen-bond donors (Lipinski definition) is 6. The zero-order chi connectivity index (χ0) is 62.3. The Kier molecular flexibility index (Phi) is 15.6. The predicted molar refractivity (Wildman–Crippen MR) is 282 cm³/mol. The van der Waals surface area contributed by atoms with Gasteiger partial charge in [-0.05, 0) is 72.8 Å². The van der Waals surface area contributed by atoms with Crippen molar-refractivity contribution in [3.8, 4) is 0 Å². The number of rotatable bonds is 16. The zero-order valence-electron chi connectivity index (χ0n) is 42.4. The van der Waals surface area contributed by atoms with E-state index in [1.54, 1.807) is 0 Å². The van der Waals surface area contributed by atoms with Crippen LogP contribution in [0.1, 0.15) is 41.4 Å². The number of aryl methyl sites for hydroxylation is 4. The van der Waals surface area contributed by atoms with E-state index < -0.39 is 153 Å². The third kappa shape index (κ3) is 12.7.